The monoisotopic (exact) mass is 227 g/mol. The van der Waals surface area contributed by atoms with Crippen molar-refractivity contribution in [2.75, 3.05) is 13.1 Å². The molecule has 0 aliphatic carbocycles. The molecule has 1 rings (SSSR count). The third-order valence-corrected chi connectivity index (χ3v) is 2.52. The maximum atomic E-state index is 4.00. The number of nitrogens with zero attached hydrogens (tertiary/aromatic N) is 1. The Bertz CT molecular complexity index is 58.8. The molecule has 3 heteroatoms. The van der Waals surface area contributed by atoms with Crippen LogP contribution in [0.25, 0.3) is 0 Å². The van der Waals surface area contributed by atoms with Gasteiger partial charge in [0, 0.05) is 48.8 Å². The fourth-order valence-corrected chi connectivity index (χ4v) is 1.46. The van der Waals surface area contributed by atoms with Crippen molar-refractivity contribution in [1.82, 2.24) is 3.11 Å². The summed E-state index contributed by atoms with van der Waals surface area (Å²) in [4.78, 5) is 0. The molecule has 1 heterocycles. The van der Waals surface area contributed by atoms with Gasteiger partial charge in [0.25, 0.3) is 0 Å². The lowest BCUT2D eigenvalue weighted by atomic mass is 10.1. The van der Waals surface area contributed by atoms with Crippen LogP contribution in [0.3, 0.4) is 0 Å². The summed E-state index contributed by atoms with van der Waals surface area (Å²) in [5.41, 5.74) is 4.00. The van der Waals surface area contributed by atoms with E-state index in [4.69, 9.17) is 0 Å². The third-order valence-electron chi connectivity index (χ3n) is 1.56. The van der Waals surface area contributed by atoms with E-state index in [2.05, 4.69) is 31.7 Å². The van der Waals surface area contributed by atoms with Crippen molar-refractivity contribution >= 4 is 22.9 Å². The molecule has 0 bridgehead atoms. The zero-order valence-electron chi connectivity index (χ0n) is 4.94. The Morgan fingerprint density at radius 2 is 1.88 bits per heavy atom. The average molecular weight is 227 g/mol. The Hall–Kier alpha value is 0.650. The first-order chi connectivity index (χ1) is 3.79. The number of halogens is 1. The van der Waals surface area contributed by atoms with Crippen LogP contribution < -0.4 is 5.73 Å². The van der Waals surface area contributed by atoms with E-state index in [1.165, 1.54) is 25.9 Å². The van der Waals surface area contributed by atoms with Crippen LogP contribution in [0.1, 0.15) is 12.8 Å². The Labute approximate surface area is 63.9 Å². The quantitative estimate of drug-likeness (QED) is 0.459. The van der Waals surface area contributed by atoms with E-state index in [0.717, 1.165) is 6.04 Å². The van der Waals surface area contributed by atoms with Crippen molar-refractivity contribution in [3.63, 3.8) is 0 Å². The first-order valence-electron chi connectivity index (χ1n) is 3.03. The van der Waals surface area contributed by atoms with Gasteiger partial charge < -0.3 is 5.73 Å². The molecule has 0 atom stereocenters. The van der Waals surface area contributed by atoms with E-state index in [-0.39, 0.29) is 0 Å². The van der Waals surface area contributed by atoms with Crippen molar-refractivity contribution in [3.8, 4) is 0 Å². The van der Waals surface area contributed by atoms with Crippen LogP contribution in [0.15, 0.2) is 0 Å². The third kappa shape index (κ3) is 1.87. The minimum absolute atomic E-state index is 0.723. The molecule has 0 aromatic carbocycles. The van der Waals surface area contributed by atoms with Crippen molar-refractivity contribution in [2.24, 2.45) is 0 Å². The van der Waals surface area contributed by atoms with Gasteiger partial charge in [0.2, 0.25) is 0 Å². The van der Waals surface area contributed by atoms with Crippen LogP contribution >= 0.6 is 22.9 Å². The van der Waals surface area contributed by atoms with Gasteiger partial charge in [0.1, 0.15) is 0 Å². The van der Waals surface area contributed by atoms with Crippen LogP contribution in [0.4, 0.5) is 0 Å². The summed E-state index contributed by atoms with van der Waals surface area (Å²) in [6.45, 7) is 2.46. The van der Waals surface area contributed by atoms with E-state index in [9.17, 15) is 0 Å². The Kier molecular flexibility index (Phi) is 2.52. The Balaban J connectivity index is 2.19. The van der Waals surface area contributed by atoms with E-state index in [1.807, 2.05) is 0 Å². The molecule has 0 aromatic rings. The topological polar surface area (TPSA) is 30.9 Å². The van der Waals surface area contributed by atoms with Crippen LogP contribution in [0.2, 0.25) is 0 Å². The zero-order chi connectivity index (χ0) is 5.98. The molecule has 1 aliphatic heterocycles. The van der Waals surface area contributed by atoms with E-state index in [0.29, 0.717) is 0 Å². The van der Waals surface area contributed by atoms with Gasteiger partial charge in [-0.2, -0.15) is 0 Å². The van der Waals surface area contributed by atoms with Crippen LogP contribution in [0, 0.1) is 0 Å². The fourth-order valence-electron chi connectivity index (χ4n) is 0.901. The average Bonchev–Trinajstić information content (AvgIpc) is 1.77. The summed E-state index contributed by atoms with van der Waals surface area (Å²) in [5, 5.41) is 0. The summed E-state index contributed by atoms with van der Waals surface area (Å²) in [6.07, 6.45) is 2.56. The maximum Gasteiger partial charge on any atom is 0.0868 e. The Morgan fingerprint density at radius 1 is 1.38 bits per heavy atom. The molecule has 0 unspecified atom stereocenters. The van der Waals surface area contributed by atoms with Gasteiger partial charge in [-0.25, -0.2) is 3.11 Å². The standard InChI is InChI=1S/C5H11IN2/c6-8-3-1-5(7)2-4-8/h5H,1-4,7H2/p+1. The fraction of sp³-hybridized carbons (Fsp3) is 1.00. The highest BCUT2D eigenvalue weighted by atomic mass is 127. The molecule has 1 saturated heterocycles. The van der Waals surface area contributed by atoms with Gasteiger partial charge in [-0.3, -0.25) is 0 Å². The molecule has 0 aromatic heterocycles. The summed E-state index contributed by atoms with van der Waals surface area (Å²) < 4.78 is 2.33. The number of hydrogen-bond acceptors (Lipinski definition) is 1. The van der Waals surface area contributed by atoms with Gasteiger partial charge in [-0.15, -0.1) is 0 Å². The molecule has 3 N–H and O–H groups in total. The second kappa shape index (κ2) is 2.98. The number of hydrogen-bond donors (Lipinski definition) is 1. The molecule has 0 saturated carbocycles. The van der Waals surface area contributed by atoms with Crippen LogP contribution in [0.5, 0.6) is 0 Å². The van der Waals surface area contributed by atoms with Gasteiger partial charge in [-0.05, 0) is 0 Å². The van der Waals surface area contributed by atoms with Crippen molar-refractivity contribution in [1.29, 1.82) is 0 Å². The first kappa shape index (κ1) is 6.77. The summed E-state index contributed by atoms with van der Waals surface area (Å²) in [6, 6.07) is 0.723. The van der Waals surface area contributed by atoms with Gasteiger partial charge in [0.05, 0.1) is 6.04 Å². The predicted octanol–water partition coefficient (Wildman–Crippen LogP) is 0.0427. The molecular weight excluding hydrogens is 215 g/mol. The van der Waals surface area contributed by atoms with E-state index in [1.54, 1.807) is 0 Å². The molecule has 8 heavy (non-hydrogen) atoms. The normalized spacial score (nSPS) is 26.2. The molecule has 48 valence electrons. The molecule has 0 spiro atoms. The maximum absolute atomic E-state index is 4.00. The number of rotatable bonds is 0. The van der Waals surface area contributed by atoms with Gasteiger partial charge in [-0.1, -0.05) is 0 Å². The van der Waals surface area contributed by atoms with Crippen LogP contribution in [-0.4, -0.2) is 22.2 Å². The molecule has 0 radical (unpaired) electrons. The van der Waals surface area contributed by atoms with Crippen LogP contribution in [-0.2, 0) is 0 Å². The second-order valence-corrected chi connectivity index (χ2v) is 3.72. The molecule has 1 fully saturated rings. The summed E-state index contributed by atoms with van der Waals surface area (Å²) >= 11 is 2.37. The largest absolute Gasteiger partial charge is 0.355 e. The summed E-state index contributed by atoms with van der Waals surface area (Å²) in [7, 11) is 0. The van der Waals surface area contributed by atoms with Gasteiger partial charge >= 0.3 is 0 Å². The minimum Gasteiger partial charge on any atom is -0.355 e. The highest BCUT2D eigenvalue weighted by Crippen LogP contribution is 2.10. The lowest BCUT2D eigenvalue weighted by molar-refractivity contribution is -0.425. The molecule has 1 aliphatic rings. The number of quaternary nitrogens is 1. The van der Waals surface area contributed by atoms with Crippen molar-refractivity contribution in [3.05, 3.63) is 0 Å². The lowest BCUT2D eigenvalue weighted by Crippen LogP contribution is -2.63. The highest BCUT2D eigenvalue weighted by Gasteiger charge is 2.15. The van der Waals surface area contributed by atoms with Crippen molar-refractivity contribution < 1.29 is 5.73 Å². The molecule has 2 nitrogen and oxygen atoms in total. The second-order valence-electron chi connectivity index (χ2n) is 2.35. The molecule has 0 amide bonds. The van der Waals surface area contributed by atoms with E-state index >= 15 is 0 Å². The SMILES string of the molecule is [NH3+]C1CCN(I)CC1. The van der Waals surface area contributed by atoms with Gasteiger partial charge in [0.15, 0.2) is 0 Å². The molecular formula is C5H12IN2+. The number of piperidine rings is 1. The first-order valence-corrected chi connectivity index (χ1v) is 3.99. The summed E-state index contributed by atoms with van der Waals surface area (Å²) in [5.74, 6) is 0. The minimum atomic E-state index is 0.723. The zero-order valence-corrected chi connectivity index (χ0v) is 7.10. The Morgan fingerprint density at radius 3 is 2.25 bits per heavy atom. The smallest absolute Gasteiger partial charge is 0.0868 e. The van der Waals surface area contributed by atoms with E-state index < -0.39 is 0 Å². The predicted molar refractivity (Wildman–Crippen MR) is 41.5 cm³/mol. The lowest BCUT2D eigenvalue weighted by Gasteiger charge is -2.21. The van der Waals surface area contributed by atoms with Crippen molar-refractivity contribution in [2.45, 2.75) is 18.9 Å². The highest BCUT2D eigenvalue weighted by molar-refractivity contribution is 14.1.